The Morgan fingerprint density at radius 1 is 1.37 bits per heavy atom. The van der Waals surface area contributed by atoms with Crippen molar-refractivity contribution in [2.24, 2.45) is 16.6 Å². The summed E-state index contributed by atoms with van der Waals surface area (Å²) in [6.45, 7) is 0. The summed E-state index contributed by atoms with van der Waals surface area (Å²) < 4.78 is 0. The molecule has 19 heavy (non-hydrogen) atoms. The number of nitrogens with two attached hydrogens (primary N) is 1. The van der Waals surface area contributed by atoms with E-state index in [1.54, 1.807) is 7.05 Å². The van der Waals surface area contributed by atoms with Crippen LogP contribution in [-0.4, -0.2) is 37.5 Å². The van der Waals surface area contributed by atoms with Gasteiger partial charge in [-0.05, 0) is 25.7 Å². The normalized spacial score (nSPS) is 23.8. The molecule has 0 heterocycles. The second-order valence-electron chi connectivity index (χ2n) is 5.58. The van der Waals surface area contributed by atoms with Gasteiger partial charge in [0.25, 0.3) is 0 Å². The van der Waals surface area contributed by atoms with Gasteiger partial charge in [-0.15, -0.1) is 0 Å². The van der Waals surface area contributed by atoms with E-state index >= 15 is 0 Å². The van der Waals surface area contributed by atoms with Crippen molar-refractivity contribution < 1.29 is 4.79 Å². The van der Waals surface area contributed by atoms with Gasteiger partial charge in [0.2, 0.25) is 0 Å². The van der Waals surface area contributed by atoms with Gasteiger partial charge in [-0.3, -0.25) is 9.79 Å². The molecule has 0 aromatic carbocycles. The van der Waals surface area contributed by atoms with Gasteiger partial charge in [-0.2, -0.15) is 0 Å². The molecule has 2 rings (SSSR count). The molecule has 0 unspecified atom stereocenters. The highest BCUT2D eigenvalue weighted by Gasteiger charge is 2.33. The number of carbonyl (C=O) groups is 1. The number of hydrogen-bond donors (Lipinski definition) is 1. The first-order valence-corrected chi connectivity index (χ1v) is 6.92. The van der Waals surface area contributed by atoms with E-state index in [1.807, 2.05) is 25.2 Å². The van der Waals surface area contributed by atoms with Gasteiger partial charge in [0.05, 0.1) is 11.3 Å². The van der Waals surface area contributed by atoms with Crippen molar-refractivity contribution in [2.75, 3.05) is 21.1 Å². The summed E-state index contributed by atoms with van der Waals surface area (Å²) in [7, 11) is 5.63. The van der Waals surface area contributed by atoms with E-state index in [2.05, 4.69) is 4.99 Å². The number of aliphatic imine (C=N–C) groups is 1. The molecule has 1 fully saturated rings. The van der Waals surface area contributed by atoms with Crippen LogP contribution in [-0.2, 0) is 4.79 Å². The fourth-order valence-corrected chi connectivity index (χ4v) is 2.71. The Kier molecular flexibility index (Phi) is 4.08. The fourth-order valence-electron chi connectivity index (χ4n) is 2.71. The lowest BCUT2D eigenvalue weighted by Gasteiger charge is -2.30. The Hall–Kier alpha value is -1.58. The summed E-state index contributed by atoms with van der Waals surface area (Å²) in [5, 5.41) is 0. The van der Waals surface area contributed by atoms with Gasteiger partial charge in [-0.25, -0.2) is 0 Å². The minimum atomic E-state index is 0.0740. The zero-order chi connectivity index (χ0) is 14.0. The zero-order valence-corrected chi connectivity index (χ0v) is 12.1. The molecule has 0 aromatic heterocycles. The number of rotatable bonds is 3. The molecule has 0 bridgehead atoms. The van der Waals surface area contributed by atoms with Crippen LogP contribution in [0.3, 0.4) is 0 Å². The van der Waals surface area contributed by atoms with E-state index in [-0.39, 0.29) is 5.78 Å². The summed E-state index contributed by atoms with van der Waals surface area (Å²) in [4.78, 5) is 18.9. The van der Waals surface area contributed by atoms with Crippen LogP contribution < -0.4 is 5.73 Å². The van der Waals surface area contributed by atoms with Gasteiger partial charge in [0.1, 0.15) is 0 Å². The van der Waals surface area contributed by atoms with Crippen molar-refractivity contribution in [1.29, 1.82) is 0 Å². The summed E-state index contributed by atoms with van der Waals surface area (Å²) in [6.07, 6.45) is 6.88. The molecule has 0 aromatic rings. The third-order valence-corrected chi connectivity index (χ3v) is 3.91. The molecule has 0 aliphatic heterocycles. The van der Waals surface area contributed by atoms with Crippen LogP contribution in [0.15, 0.2) is 28.0 Å². The van der Waals surface area contributed by atoms with Crippen molar-refractivity contribution in [2.45, 2.75) is 32.1 Å². The van der Waals surface area contributed by atoms with Crippen LogP contribution in [0.4, 0.5) is 0 Å². The molecule has 2 N–H and O–H groups in total. The molecular formula is C15H23N3O. The molecule has 0 saturated heterocycles. The number of nitrogens with zero attached hydrogens (tertiary/aromatic N) is 2. The molecule has 4 heteroatoms. The maximum absolute atomic E-state index is 12.6. The summed E-state index contributed by atoms with van der Waals surface area (Å²) in [5.41, 5.74) is 9.27. The second-order valence-corrected chi connectivity index (χ2v) is 5.58. The minimum absolute atomic E-state index is 0.0740. The van der Waals surface area contributed by atoms with Gasteiger partial charge in [0.15, 0.2) is 5.78 Å². The number of allylic oxidation sites excluding steroid dienone is 3. The second kappa shape index (κ2) is 5.59. The molecule has 2 aliphatic rings. The van der Waals surface area contributed by atoms with E-state index in [0.29, 0.717) is 17.2 Å². The number of ketones is 1. The first kappa shape index (κ1) is 13.8. The molecular weight excluding hydrogens is 238 g/mol. The SMILES string of the molecule is CN=C(C1=C(N)CC/C(=C\N(C)C)C1=O)C1CCC1. The minimum Gasteiger partial charge on any atom is -0.401 e. The Bertz CT molecular complexity index is 468. The Morgan fingerprint density at radius 3 is 2.53 bits per heavy atom. The molecule has 0 radical (unpaired) electrons. The van der Waals surface area contributed by atoms with Crippen LogP contribution in [0.1, 0.15) is 32.1 Å². The van der Waals surface area contributed by atoms with Crippen LogP contribution in [0.2, 0.25) is 0 Å². The summed E-state index contributed by atoms with van der Waals surface area (Å²) >= 11 is 0. The van der Waals surface area contributed by atoms with Gasteiger partial charge in [0, 0.05) is 44.5 Å². The Labute approximate surface area is 115 Å². The quantitative estimate of drug-likeness (QED) is 0.623. The topological polar surface area (TPSA) is 58.7 Å². The van der Waals surface area contributed by atoms with Crippen LogP contribution in [0, 0.1) is 5.92 Å². The maximum Gasteiger partial charge on any atom is 0.194 e. The van der Waals surface area contributed by atoms with Crippen molar-refractivity contribution in [1.82, 2.24) is 4.90 Å². The van der Waals surface area contributed by atoms with Crippen LogP contribution in [0.25, 0.3) is 0 Å². The lowest BCUT2D eigenvalue weighted by atomic mass is 9.75. The molecule has 0 spiro atoms. The highest BCUT2D eigenvalue weighted by atomic mass is 16.1. The summed E-state index contributed by atoms with van der Waals surface area (Å²) in [5.74, 6) is 0.506. The highest BCUT2D eigenvalue weighted by molar-refractivity contribution is 6.29. The zero-order valence-electron chi connectivity index (χ0n) is 12.1. The third-order valence-electron chi connectivity index (χ3n) is 3.91. The lowest BCUT2D eigenvalue weighted by molar-refractivity contribution is -0.112. The average Bonchev–Trinajstić information content (AvgIpc) is 2.28. The largest absolute Gasteiger partial charge is 0.401 e. The average molecular weight is 261 g/mol. The highest BCUT2D eigenvalue weighted by Crippen LogP contribution is 2.34. The number of hydrogen-bond acceptors (Lipinski definition) is 4. The predicted molar refractivity (Wildman–Crippen MR) is 77.9 cm³/mol. The van der Waals surface area contributed by atoms with E-state index in [0.717, 1.165) is 37.0 Å². The van der Waals surface area contributed by atoms with Gasteiger partial charge < -0.3 is 10.6 Å². The monoisotopic (exact) mass is 261 g/mol. The van der Waals surface area contributed by atoms with Crippen molar-refractivity contribution >= 4 is 11.5 Å². The first-order chi connectivity index (χ1) is 9.04. The predicted octanol–water partition coefficient (Wildman–Crippen LogP) is 1.88. The summed E-state index contributed by atoms with van der Waals surface area (Å²) in [6, 6.07) is 0. The van der Waals surface area contributed by atoms with Crippen molar-refractivity contribution in [3.8, 4) is 0 Å². The smallest absolute Gasteiger partial charge is 0.194 e. The number of carbonyl (C=O) groups excluding carboxylic acids is 1. The maximum atomic E-state index is 12.6. The van der Waals surface area contributed by atoms with E-state index < -0.39 is 0 Å². The van der Waals surface area contributed by atoms with E-state index in [9.17, 15) is 4.79 Å². The Morgan fingerprint density at radius 2 is 2.05 bits per heavy atom. The molecule has 1 saturated carbocycles. The van der Waals surface area contributed by atoms with E-state index in [4.69, 9.17) is 5.73 Å². The van der Waals surface area contributed by atoms with Crippen LogP contribution in [0.5, 0.6) is 0 Å². The Balaban J connectivity index is 2.33. The molecule has 0 atom stereocenters. The first-order valence-electron chi connectivity index (χ1n) is 6.92. The van der Waals surface area contributed by atoms with Gasteiger partial charge >= 0.3 is 0 Å². The fraction of sp³-hybridized carbons (Fsp3) is 0.600. The van der Waals surface area contributed by atoms with E-state index in [1.165, 1.54) is 6.42 Å². The molecule has 2 aliphatic carbocycles. The lowest BCUT2D eigenvalue weighted by Crippen LogP contribution is -2.32. The molecule has 104 valence electrons. The molecule has 0 amide bonds. The van der Waals surface area contributed by atoms with Crippen LogP contribution >= 0.6 is 0 Å². The van der Waals surface area contributed by atoms with Crippen molar-refractivity contribution in [3.05, 3.63) is 23.0 Å². The van der Waals surface area contributed by atoms with Crippen molar-refractivity contribution in [3.63, 3.8) is 0 Å². The number of Topliss-reactive ketones (excluding diaryl/α,β-unsaturated/α-hetero) is 1. The van der Waals surface area contributed by atoms with Gasteiger partial charge in [-0.1, -0.05) is 6.42 Å². The molecule has 4 nitrogen and oxygen atoms in total. The standard InChI is InChI=1S/C15H23N3O/c1-17-14(10-5-4-6-10)13-12(16)8-7-11(15(13)19)9-18(2)3/h9-10H,4-8,16H2,1-3H3/b11-9+,17-14?. The third kappa shape index (κ3) is 2.72.